The third-order valence-electron chi connectivity index (χ3n) is 4.12. The van der Waals surface area contributed by atoms with Gasteiger partial charge in [-0.1, -0.05) is 31.1 Å². The number of benzene rings is 2. The van der Waals surface area contributed by atoms with E-state index < -0.39 is 0 Å². The number of anilines is 1. The molecule has 0 saturated carbocycles. The van der Waals surface area contributed by atoms with E-state index in [0.29, 0.717) is 40.2 Å². The minimum Gasteiger partial charge on any atom is -0.497 e. The van der Waals surface area contributed by atoms with Crippen molar-refractivity contribution in [3.63, 3.8) is 0 Å². The normalized spacial score (nSPS) is 10.7. The minimum absolute atomic E-state index is 0.143. The summed E-state index contributed by atoms with van der Waals surface area (Å²) < 4.78 is 21.5. The first-order valence-corrected chi connectivity index (χ1v) is 9.09. The standard InChI is InChI=1S/C21H23N3O5/c1-13(2)20-23-21(29-24-20)15-7-5-6-8-17(15)28-12-19(25)22-16-11-14(26-3)9-10-18(16)27-4/h5-11,13H,12H2,1-4H3,(H,22,25). The Labute approximate surface area is 168 Å². The quantitative estimate of drug-likeness (QED) is 0.616. The van der Waals surface area contributed by atoms with Gasteiger partial charge in [0, 0.05) is 12.0 Å². The van der Waals surface area contributed by atoms with Crippen molar-refractivity contribution < 1.29 is 23.5 Å². The van der Waals surface area contributed by atoms with E-state index in [-0.39, 0.29) is 18.4 Å². The van der Waals surface area contributed by atoms with Crippen molar-refractivity contribution in [3.8, 4) is 28.7 Å². The van der Waals surface area contributed by atoms with Crippen LogP contribution in [0.15, 0.2) is 47.0 Å². The first kappa shape index (κ1) is 20.2. The lowest BCUT2D eigenvalue weighted by atomic mass is 10.2. The summed E-state index contributed by atoms with van der Waals surface area (Å²) in [5.41, 5.74) is 1.12. The lowest BCUT2D eigenvalue weighted by Crippen LogP contribution is -2.20. The van der Waals surface area contributed by atoms with Crippen molar-refractivity contribution in [1.82, 2.24) is 10.1 Å². The van der Waals surface area contributed by atoms with E-state index in [1.807, 2.05) is 26.0 Å². The van der Waals surface area contributed by atoms with Crippen molar-refractivity contribution in [2.75, 3.05) is 26.1 Å². The zero-order chi connectivity index (χ0) is 20.8. The highest BCUT2D eigenvalue weighted by atomic mass is 16.5. The molecule has 1 N–H and O–H groups in total. The van der Waals surface area contributed by atoms with Crippen LogP contribution in [0, 0.1) is 0 Å². The van der Waals surface area contributed by atoms with Crippen LogP contribution in [0.5, 0.6) is 17.2 Å². The highest BCUT2D eigenvalue weighted by Gasteiger charge is 2.16. The summed E-state index contributed by atoms with van der Waals surface area (Å²) in [4.78, 5) is 16.8. The van der Waals surface area contributed by atoms with Gasteiger partial charge in [-0.2, -0.15) is 4.98 Å². The number of carbonyl (C=O) groups excluding carboxylic acids is 1. The Kier molecular flexibility index (Phi) is 6.33. The highest BCUT2D eigenvalue weighted by Crippen LogP contribution is 2.30. The van der Waals surface area contributed by atoms with Crippen LogP contribution in [0.2, 0.25) is 0 Å². The predicted molar refractivity (Wildman–Crippen MR) is 107 cm³/mol. The number of hydrogen-bond acceptors (Lipinski definition) is 7. The average Bonchev–Trinajstić information content (AvgIpc) is 3.23. The number of nitrogens with zero attached hydrogens (tertiary/aromatic N) is 2. The molecule has 0 unspecified atom stereocenters. The van der Waals surface area contributed by atoms with Gasteiger partial charge in [-0.25, -0.2) is 0 Å². The molecule has 0 fully saturated rings. The molecular weight excluding hydrogens is 374 g/mol. The van der Waals surface area contributed by atoms with Crippen LogP contribution in [-0.4, -0.2) is 36.9 Å². The molecule has 3 rings (SSSR count). The maximum atomic E-state index is 12.4. The van der Waals surface area contributed by atoms with Crippen molar-refractivity contribution >= 4 is 11.6 Å². The van der Waals surface area contributed by atoms with Crippen LogP contribution >= 0.6 is 0 Å². The molecule has 29 heavy (non-hydrogen) atoms. The number of ether oxygens (including phenoxy) is 3. The van der Waals surface area contributed by atoms with Gasteiger partial charge < -0.3 is 24.1 Å². The molecule has 0 saturated heterocycles. The van der Waals surface area contributed by atoms with Gasteiger partial charge >= 0.3 is 0 Å². The van der Waals surface area contributed by atoms with Gasteiger partial charge in [0.2, 0.25) is 0 Å². The summed E-state index contributed by atoms with van der Waals surface area (Å²) in [6.07, 6.45) is 0. The maximum absolute atomic E-state index is 12.4. The molecule has 0 aliphatic heterocycles. The number of carbonyl (C=O) groups is 1. The number of hydrogen-bond donors (Lipinski definition) is 1. The van der Waals surface area contributed by atoms with Crippen LogP contribution in [0.4, 0.5) is 5.69 Å². The van der Waals surface area contributed by atoms with Gasteiger partial charge in [-0.3, -0.25) is 4.79 Å². The van der Waals surface area contributed by atoms with Crippen molar-refractivity contribution in [3.05, 3.63) is 48.3 Å². The van der Waals surface area contributed by atoms with Crippen LogP contribution in [0.3, 0.4) is 0 Å². The minimum atomic E-state index is -0.347. The summed E-state index contributed by atoms with van der Waals surface area (Å²) in [6.45, 7) is 3.75. The number of para-hydroxylation sites is 1. The van der Waals surface area contributed by atoms with Crippen molar-refractivity contribution in [2.24, 2.45) is 0 Å². The van der Waals surface area contributed by atoms with Crippen LogP contribution in [0.1, 0.15) is 25.6 Å². The molecule has 152 valence electrons. The first-order chi connectivity index (χ1) is 14.0. The van der Waals surface area contributed by atoms with Crippen LogP contribution in [0.25, 0.3) is 11.5 Å². The fourth-order valence-corrected chi connectivity index (χ4v) is 2.59. The SMILES string of the molecule is COc1ccc(OC)c(NC(=O)COc2ccccc2-c2nc(C(C)C)no2)c1. The second-order valence-electron chi connectivity index (χ2n) is 6.51. The van der Waals surface area contributed by atoms with Gasteiger partial charge in [-0.15, -0.1) is 0 Å². The second-order valence-corrected chi connectivity index (χ2v) is 6.51. The smallest absolute Gasteiger partial charge is 0.262 e. The molecule has 2 aromatic carbocycles. The number of methoxy groups -OCH3 is 2. The molecule has 0 radical (unpaired) electrons. The molecule has 1 heterocycles. The van der Waals surface area contributed by atoms with Crippen LogP contribution in [-0.2, 0) is 4.79 Å². The molecule has 1 aromatic heterocycles. The van der Waals surface area contributed by atoms with E-state index >= 15 is 0 Å². The summed E-state index contributed by atoms with van der Waals surface area (Å²) in [6, 6.07) is 12.3. The van der Waals surface area contributed by atoms with Crippen molar-refractivity contribution in [1.29, 1.82) is 0 Å². The highest BCUT2D eigenvalue weighted by molar-refractivity contribution is 5.93. The Morgan fingerprint density at radius 1 is 1.10 bits per heavy atom. The van der Waals surface area contributed by atoms with Gasteiger partial charge in [0.1, 0.15) is 17.2 Å². The van der Waals surface area contributed by atoms with E-state index in [4.69, 9.17) is 18.7 Å². The van der Waals surface area contributed by atoms with Gasteiger partial charge in [-0.05, 0) is 24.3 Å². The second kappa shape index (κ2) is 9.09. The summed E-state index contributed by atoms with van der Waals surface area (Å²) in [7, 11) is 3.08. The first-order valence-electron chi connectivity index (χ1n) is 9.09. The van der Waals surface area contributed by atoms with Crippen LogP contribution < -0.4 is 19.5 Å². The summed E-state index contributed by atoms with van der Waals surface area (Å²) in [5.74, 6) is 2.34. The average molecular weight is 397 g/mol. The molecule has 3 aromatic rings. The van der Waals surface area contributed by atoms with E-state index in [1.54, 1.807) is 37.4 Å². The number of aromatic nitrogens is 2. The lowest BCUT2D eigenvalue weighted by molar-refractivity contribution is -0.118. The van der Waals surface area contributed by atoms with E-state index in [2.05, 4.69) is 15.5 Å². The lowest BCUT2D eigenvalue weighted by Gasteiger charge is -2.13. The Bertz CT molecular complexity index is 984. The third-order valence-corrected chi connectivity index (χ3v) is 4.12. The Hall–Kier alpha value is -3.55. The number of amides is 1. The predicted octanol–water partition coefficient (Wildman–Crippen LogP) is 3.89. The summed E-state index contributed by atoms with van der Waals surface area (Å²) in [5, 5.41) is 6.74. The molecule has 0 aliphatic carbocycles. The Morgan fingerprint density at radius 2 is 1.90 bits per heavy atom. The maximum Gasteiger partial charge on any atom is 0.262 e. The number of nitrogens with one attached hydrogen (secondary N) is 1. The Morgan fingerprint density at radius 3 is 2.59 bits per heavy atom. The zero-order valence-corrected chi connectivity index (χ0v) is 16.8. The van der Waals surface area contributed by atoms with Gasteiger partial charge in [0.05, 0.1) is 25.5 Å². The van der Waals surface area contributed by atoms with E-state index in [0.717, 1.165) is 0 Å². The van der Waals surface area contributed by atoms with Gasteiger partial charge in [0.25, 0.3) is 11.8 Å². The van der Waals surface area contributed by atoms with E-state index in [9.17, 15) is 4.79 Å². The molecule has 0 aliphatic rings. The van der Waals surface area contributed by atoms with Gasteiger partial charge in [0.15, 0.2) is 12.4 Å². The molecule has 0 spiro atoms. The molecule has 0 atom stereocenters. The van der Waals surface area contributed by atoms with Crippen molar-refractivity contribution in [2.45, 2.75) is 19.8 Å². The topological polar surface area (TPSA) is 95.7 Å². The number of rotatable bonds is 8. The molecular formula is C21H23N3O5. The largest absolute Gasteiger partial charge is 0.497 e. The molecule has 1 amide bonds. The van der Waals surface area contributed by atoms with E-state index in [1.165, 1.54) is 7.11 Å². The zero-order valence-electron chi connectivity index (χ0n) is 16.8. The monoisotopic (exact) mass is 397 g/mol. The summed E-state index contributed by atoms with van der Waals surface area (Å²) >= 11 is 0. The molecule has 0 bridgehead atoms. The Balaban J connectivity index is 1.71. The molecule has 8 nitrogen and oxygen atoms in total. The fourth-order valence-electron chi connectivity index (χ4n) is 2.59. The third kappa shape index (κ3) is 4.84. The fraction of sp³-hybridized carbons (Fsp3) is 0.286. The molecule has 8 heteroatoms.